The van der Waals surface area contributed by atoms with Crippen molar-refractivity contribution in [1.82, 2.24) is 4.90 Å². The second kappa shape index (κ2) is 7.95. The topological polar surface area (TPSA) is 29.3 Å². The molecular weight excluding hydrogens is 256 g/mol. The maximum Gasteiger partial charge on any atom is 0.0450 e. The highest BCUT2D eigenvalue weighted by Gasteiger charge is 2.29. The Morgan fingerprint density at radius 3 is 2.29 bits per heavy atom. The molecule has 118 valence electrons. The molecule has 0 heterocycles. The van der Waals surface area contributed by atoms with E-state index in [9.17, 15) is 0 Å². The molecule has 1 aromatic rings. The highest BCUT2D eigenvalue weighted by atomic mass is 15.2. The van der Waals surface area contributed by atoms with Gasteiger partial charge < -0.3 is 5.73 Å². The van der Waals surface area contributed by atoms with Crippen LogP contribution in [0.1, 0.15) is 64.5 Å². The van der Waals surface area contributed by atoms with Crippen LogP contribution in [0.4, 0.5) is 0 Å². The van der Waals surface area contributed by atoms with Crippen LogP contribution < -0.4 is 5.73 Å². The fraction of sp³-hybridized carbons (Fsp3) is 0.684. The predicted molar refractivity (Wildman–Crippen MR) is 91.2 cm³/mol. The summed E-state index contributed by atoms with van der Waals surface area (Å²) in [5.74, 6) is 0.758. The van der Waals surface area contributed by atoms with Crippen molar-refractivity contribution in [1.29, 1.82) is 0 Å². The molecular formula is C19H32N2. The van der Waals surface area contributed by atoms with Crippen LogP contribution in [-0.2, 0) is 0 Å². The summed E-state index contributed by atoms with van der Waals surface area (Å²) in [6.07, 6.45) is 6.74. The first kappa shape index (κ1) is 16.5. The molecule has 1 aliphatic rings. The van der Waals surface area contributed by atoms with Crippen LogP contribution in [0.2, 0.25) is 0 Å². The largest absolute Gasteiger partial charge is 0.323 e. The van der Waals surface area contributed by atoms with Crippen LogP contribution >= 0.6 is 0 Å². The third kappa shape index (κ3) is 4.55. The van der Waals surface area contributed by atoms with E-state index in [-0.39, 0.29) is 6.04 Å². The Balaban J connectivity index is 2.07. The minimum Gasteiger partial charge on any atom is -0.323 e. The van der Waals surface area contributed by atoms with E-state index in [0.717, 1.165) is 12.0 Å². The Hall–Kier alpha value is -0.860. The van der Waals surface area contributed by atoms with E-state index in [1.807, 2.05) is 0 Å². The normalized spacial score (nSPS) is 19.3. The van der Waals surface area contributed by atoms with E-state index in [1.165, 1.54) is 44.2 Å². The number of benzene rings is 1. The van der Waals surface area contributed by atoms with Crippen LogP contribution in [-0.4, -0.2) is 23.5 Å². The van der Waals surface area contributed by atoms with Crippen molar-refractivity contribution in [3.63, 3.8) is 0 Å². The summed E-state index contributed by atoms with van der Waals surface area (Å²) in [5.41, 5.74) is 7.83. The summed E-state index contributed by atoms with van der Waals surface area (Å²) in [7, 11) is 0. The number of nitrogens with zero attached hydrogens (tertiary/aromatic N) is 1. The molecule has 2 unspecified atom stereocenters. The smallest absolute Gasteiger partial charge is 0.0450 e. The molecule has 2 atom stereocenters. The van der Waals surface area contributed by atoms with E-state index >= 15 is 0 Å². The molecule has 2 rings (SSSR count). The summed E-state index contributed by atoms with van der Waals surface area (Å²) < 4.78 is 0. The third-order valence-electron chi connectivity index (χ3n) is 4.99. The fourth-order valence-corrected chi connectivity index (χ4v) is 3.52. The van der Waals surface area contributed by atoms with Crippen molar-refractivity contribution in [2.45, 2.75) is 71.0 Å². The first-order chi connectivity index (χ1) is 10.1. The van der Waals surface area contributed by atoms with Crippen molar-refractivity contribution in [2.75, 3.05) is 6.54 Å². The van der Waals surface area contributed by atoms with Gasteiger partial charge in [0.2, 0.25) is 0 Å². The highest BCUT2D eigenvalue weighted by Crippen LogP contribution is 2.29. The molecule has 0 saturated heterocycles. The van der Waals surface area contributed by atoms with Gasteiger partial charge in [-0.25, -0.2) is 0 Å². The van der Waals surface area contributed by atoms with Gasteiger partial charge in [0.05, 0.1) is 0 Å². The number of rotatable bonds is 7. The van der Waals surface area contributed by atoms with Crippen molar-refractivity contribution in [3.05, 3.63) is 35.9 Å². The molecule has 1 aliphatic carbocycles. The molecule has 0 radical (unpaired) electrons. The lowest BCUT2D eigenvalue weighted by molar-refractivity contribution is 0.119. The van der Waals surface area contributed by atoms with Gasteiger partial charge in [0.15, 0.2) is 0 Å². The highest BCUT2D eigenvalue weighted by molar-refractivity contribution is 5.20. The van der Waals surface area contributed by atoms with Crippen molar-refractivity contribution >= 4 is 0 Å². The van der Waals surface area contributed by atoms with Gasteiger partial charge in [0.25, 0.3) is 0 Å². The second-order valence-electron chi connectivity index (χ2n) is 7.04. The molecule has 2 heteroatoms. The van der Waals surface area contributed by atoms with Crippen LogP contribution in [0.15, 0.2) is 30.3 Å². The molecule has 0 spiro atoms. The average molecular weight is 288 g/mol. The first-order valence-electron chi connectivity index (χ1n) is 8.66. The maximum absolute atomic E-state index is 6.57. The van der Waals surface area contributed by atoms with Gasteiger partial charge in [-0.1, -0.05) is 57.0 Å². The Bertz CT molecular complexity index is 395. The lowest BCUT2D eigenvalue weighted by Crippen LogP contribution is -2.46. The third-order valence-corrected chi connectivity index (χ3v) is 4.99. The molecule has 21 heavy (non-hydrogen) atoms. The molecule has 1 aromatic carbocycles. The van der Waals surface area contributed by atoms with Crippen LogP contribution in [0.25, 0.3) is 0 Å². The Morgan fingerprint density at radius 2 is 1.71 bits per heavy atom. The zero-order valence-corrected chi connectivity index (χ0v) is 14.0. The van der Waals surface area contributed by atoms with E-state index in [4.69, 9.17) is 5.73 Å². The summed E-state index contributed by atoms with van der Waals surface area (Å²) in [6, 6.07) is 11.8. The van der Waals surface area contributed by atoms with Gasteiger partial charge in [-0.3, -0.25) is 4.90 Å². The average Bonchev–Trinajstić information content (AvgIpc) is 3.01. The second-order valence-corrected chi connectivity index (χ2v) is 7.04. The van der Waals surface area contributed by atoms with Crippen LogP contribution in [0.5, 0.6) is 0 Å². The number of nitrogens with two attached hydrogens (primary N) is 1. The summed E-state index contributed by atoms with van der Waals surface area (Å²) >= 11 is 0. The van der Waals surface area contributed by atoms with Crippen molar-refractivity contribution in [3.8, 4) is 0 Å². The lowest BCUT2D eigenvalue weighted by Gasteiger charge is -2.38. The maximum atomic E-state index is 6.57. The molecule has 0 aromatic heterocycles. The summed E-state index contributed by atoms with van der Waals surface area (Å²) in [4.78, 5) is 2.70. The SMILES string of the molecule is CC(C)CCN(C1CCCC1)C(C)C(N)c1ccccc1. The van der Waals surface area contributed by atoms with Crippen LogP contribution in [0, 0.1) is 5.92 Å². The van der Waals surface area contributed by atoms with E-state index in [1.54, 1.807) is 0 Å². The molecule has 0 aliphatic heterocycles. The summed E-state index contributed by atoms with van der Waals surface area (Å²) in [5, 5.41) is 0. The fourth-order valence-electron chi connectivity index (χ4n) is 3.52. The monoisotopic (exact) mass is 288 g/mol. The standard InChI is InChI=1S/C19H32N2/c1-15(2)13-14-21(18-11-7-8-12-18)16(3)19(20)17-9-5-4-6-10-17/h4-6,9-10,15-16,18-19H,7-8,11-14,20H2,1-3H3. The van der Waals surface area contributed by atoms with Gasteiger partial charge in [-0.05, 0) is 44.2 Å². The van der Waals surface area contributed by atoms with E-state index in [0.29, 0.717) is 6.04 Å². The molecule has 0 bridgehead atoms. The molecule has 1 saturated carbocycles. The Morgan fingerprint density at radius 1 is 1.10 bits per heavy atom. The minimum absolute atomic E-state index is 0.110. The van der Waals surface area contributed by atoms with Gasteiger partial charge in [-0.15, -0.1) is 0 Å². The van der Waals surface area contributed by atoms with E-state index in [2.05, 4.69) is 56.0 Å². The number of hydrogen-bond donors (Lipinski definition) is 1. The predicted octanol–water partition coefficient (Wildman–Crippen LogP) is 4.37. The van der Waals surface area contributed by atoms with Gasteiger partial charge in [0.1, 0.15) is 0 Å². The van der Waals surface area contributed by atoms with Gasteiger partial charge in [-0.2, -0.15) is 0 Å². The molecule has 2 N–H and O–H groups in total. The zero-order chi connectivity index (χ0) is 15.2. The molecule has 1 fully saturated rings. The minimum atomic E-state index is 0.110. The van der Waals surface area contributed by atoms with Gasteiger partial charge in [0, 0.05) is 18.1 Å². The lowest BCUT2D eigenvalue weighted by atomic mass is 9.97. The first-order valence-corrected chi connectivity index (χ1v) is 8.66. The Labute approximate surface area is 130 Å². The van der Waals surface area contributed by atoms with Crippen molar-refractivity contribution < 1.29 is 0 Å². The van der Waals surface area contributed by atoms with Crippen LogP contribution in [0.3, 0.4) is 0 Å². The number of hydrogen-bond acceptors (Lipinski definition) is 2. The van der Waals surface area contributed by atoms with Gasteiger partial charge >= 0.3 is 0 Å². The Kier molecular flexibility index (Phi) is 6.25. The van der Waals surface area contributed by atoms with E-state index < -0.39 is 0 Å². The zero-order valence-electron chi connectivity index (χ0n) is 14.0. The quantitative estimate of drug-likeness (QED) is 0.807. The molecule has 0 amide bonds. The molecule has 2 nitrogen and oxygen atoms in total. The van der Waals surface area contributed by atoms with Crippen molar-refractivity contribution in [2.24, 2.45) is 11.7 Å². The summed E-state index contributed by atoms with van der Waals surface area (Å²) in [6.45, 7) is 8.13.